The third-order valence-corrected chi connectivity index (χ3v) is 3.58. The van der Waals surface area contributed by atoms with Gasteiger partial charge in [0, 0.05) is 11.7 Å². The number of hydrogen-bond acceptors (Lipinski definition) is 3. The summed E-state index contributed by atoms with van der Waals surface area (Å²) in [5.74, 6) is 0.390. The van der Waals surface area contributed by atoms with E-state index in [1.165, 1.54) is 0 Å². The van der Waals surface area contributed by atoms with Crippen molar-refractivity contribution in [3.63, 3.8) is 0 Å². The predicted octanol–water partition coefficient (Wildman–Crippen LogP) is 1.04. The highest BCUT2D eigenvalue weighted by Gasteiger charge is 2.07. The first-order valence-electron chi connectivity index (χ1n) is 4.17. The van der Waals surface area contributed by atoms with E-state index in [9.17, 15) is 13.2 Å². The van der Waals surface area contributed by atoms with Crippen molar-refractivity contribution in [3.8, 4) is 0 Å². The Labute approximate surface area is 74.1 Å². The molecular formula is C8H16O3S. The Hall–Kier alpha value is -0.380. The molecule has 72 valence electrons. The fourth-order valence-corrected chi connectivity index (χ4v) is 1.73. The second kappa shape index (κ2) is 5.30. The lowest BCUT2D eigenvalue weighted by Gasteiger charge is -2.02. The summed E-state index contributed by atoms with van der Waals surface area (Å²) < 4.78 is 22.0. The normalized spacial score (nSPS) is 14.2. The van der Waals surface area contributed by atoms with E-state index < -0.39 is 9.84 Å². The molecular weight excluding hydrogens is 176 g/mol. The Balaban J connectivity index is 3.64. The minimum absolute atomic E-state index is 0.0166. The smallest absolute Gasteiger partial charge is 0.150 e. The zero-order chi connectivity index (χ0) is 9.61. The Morgan fingerprint density at radius 3 is 2.42 bits per heavy atom. The Bertz CT molecular complexity index is 218. The average Bonchev–Trinajstić information content (AvgIpc) is 2.04. The molecule has 0 aromatic rings. The summed E-state index contributed by atoms with van der Waals surface area (Å²) in [5, 5.41) is 0. The second-order valence-electron chi connectivity index (χ2n) is 2.99. The van der Waals surface area contributed by atoms with E-state index in [-0.39, 0.29) is 17.4 Å². The largest absolute Gasteiger partial charge is 0.303 e. The van der Waals surface area contributed by atoms with Crippen LogP contribution in [0.2, 0.25) is 0 Å². The summed E-state index contributed by atoms with van der Waals surface area (Å²) in [6.07, 6.45) is 2.12. The van der Waals surface area contributed by atoms with Crippen molar-refractivity contribution in [1.82, 2.24) is 0 Å². The maximum atomic E-state index is 11.0. The van der Waals surface area contributed by atoms with Gasteiger partial charge in [0.1, 0.15) is 16.1 Å². The minimum Gasteiger partial charge on any atom is -0.303 e. The molecule has 1 atom stereocenters. The molecule has 0 aliphatic carbocycles. The molecule has 0 N–H and O–H groups in total. The van der Waals surface area contributed by atoms with Crippen LogP contribution in [0.1, 0.15) is 26.7 Å². The molecule has 3 nitrogen and oxygen atoms in total. The van der Waals surface area contributed by atoms with E-state index in [0.717, 1.165) is 6.29 Å². The molecule has 0 aromatic carbocycles. The van der Waals surface area contributed by atoms with Gasteiger partial charge in [0.15, 0.2) is 0 Å². The number of carbonyl (C=O) groups is 1. The molecule has 0 amide bonds. The Morgan fingerprint density at radius 1 is 1.42 bits per heavy atom. The molecule has 0 saturated carbocycles. The van der Waals surface area contributed by atoms with Crippen molar-refractivity contribution in [1.29, 1.82) is 0 Å². The van der Waals surface area contributed by atoms with Crippen molar-refractivity contribution in [3.05, 3.63) is 0 Å². The SMILES string of the molecule is CCS(=O)(=O)CCCC(C)C=O. The molecule has 0 spiro atoms. The molecule has 0 radical (unpaired) electrons. The first-order chi connectivity index (χ1) is 5.52. The maximum Gasteiger partial charge on any atom is 0.150 e. The molecule has 12 heavy (non-hydrogen) atoms. The molecule has 0 fully saturated rings. The van der Waals surface area contributed by atoms with Crippen LogP contribution in [0.25, 0.3) is 0 Å². The quantitative estimate of drug-likeness (QED) is 0.591. The second-order valence-corrected chi connectivity index (χ2v) is 5.46. The van der Waals surface area contributed by atoms with Crippen LogP contribution in [0.5, 0.6) is 0 Å². The lowest BCUT2D eigenvalue weighted by Crippen LogP contribution is -2.09. The number of sulfone groups is 1. The monoisotopic (exact) mass is 192 g/mol. The number of aldehydes is 1. The Kier molecular flexibility index (Phi) is 5.13. The number of rotatable bonds is 6. The number of hydrogen-bond donors (Lipinski definition) is 0. The van der Waals surface area contributed by atoms with Crippen LogP contribution in [0, 0.1) is 5.92 Å². The zero-order valence-corrected chi connectivity index (χ0v) is 8.43. The third-order valence-electron chi connectivity index (χ3n) is 1.79. The molecule has 0 rings (SSSR count). The molecule has 0 aliphatic heterocycles. The van der Waals surface area contributed by atoms with E-state index in [4.69, 9.17) is 0 Å². The first-order valence-corrected chi connectivity index (χ1v) is 5.99. The standard InChI is InChI=1S/C8H16O3S/c1-3-12(10,11)6-4-5-8(2)7-9/h7-8H,3-6H2,1-2H3. The summed E-state index contributed by atoms with van der Waals surface area (Å²) in [5.41, 5.74) is 0. The van der Waals surface area contributed by atoms with Gasteiger partial charge in [-0.05, 0) is 12.8 Å². The molecule has 1 unspecified atom stereocenters. The van der Waals surface area contributed by atoms with Gasteiger partial charge >= 0.3 is 0 Å². The topological polar surface area (TPSA) is 51.2 Å². The van der Waals surface area contributed by atoms with E-state index in [1.807, 2.05) is 0 Å². The summed E-state index contributed by atoms with van der Waals surface area (Å²) in [6.45, 7) is 3.43. The lowest BCUT2D eigenvalue weighted by molar-refractivity contribution is -0.110. The Morgan fingerprint density at radius 2 is 2.00 bits per heavy atom. The first kappa shape index (κ1) is 11.6. The third kappa shape index (κ3) is 5.29. The van der Waals surface area contributed by atoms with Gasteiger partial charge in [-0.2, -0.15) is 0 Å². The number of carbonyl (C=O) groups excluding carboxylic acids is 1. The van der Waals surface area contributed by atoms with Gasteiger partial charge in [0.2, 0.25) is 0 Å². The fraction of sp³-hybridized carbons (Fsp3) is 0.875. The lowest BCUT2D eigenvalue weighted by atomic mass is 10.1. The van der Waals surface area contributed by atoms with Gasteiger partial charge in [-0.15, -0.1) is 0 Å². The van der Waals surface area contributed by atoms with Gasteiger partial charge in [-0.1, -0.05) is 13.8 Å². The van der Waals surface area contributed by atoms with Crippen LogP contribution in [0.4, 0.5) is 0 Å². The van der Waals surface area contributed by atoms with Gasteiger partial charge < -0.3 is 4.79 Å². The fourth-order valence-electron chi connectivity index (χ4n) is 0.838. The van der Waals surface area contributed by atoms with Crippen LogP contribution in [-0.2, 0) is 14.6 Å². The average molecular weight is 192 g/mol. The molecule has 0 heterocycles. The van der Waals surface area contributed by atoms with Crippen molar-refractivity contribution >= 4 is 16.1 Å². The summed E-state index contributed by atoms with van der Waals surface area (Å²) >= 11 is 0. The van der Waals surface area contributed by atoms with E-state index in [2.05, 4.69) is 0 Å². The van der Waals surface area contributed by atoms with Gasteiger partial charge in [0.25, 0.3) is 0 Å². The van der Waals surface area contributed by atoms with Crippen LogP contribution in [0.15, 0.2) is 0 Å². The minimum atomic E-state index is -2.84. The molecule has 4 heteroatoms. The summed E-state index contributed by atoms with van der Waals surface area (Å²) in [7, 11) is -2.84. The molecule has 0 aromatic heterocycles. The van der Waals surface area contributed by atoms with Crippen molar-refractivity contribution in [2.45, 2.75) is 26.7 Å². The van der Waals surface area contributed by atoms with E-state index in [1.54, 1.807) is 13.8 Å². The maximum absolute atomic E-state index is 11.0. The van der Waals surface area contributed by atoms with Gasteiger partial charge in [-0.3, -0.25) is 0 Å². The van der Waals surface area contributed by atoms with E-state index >= 15 is 0 Å². The van der Waals surface area contributed by atoms with Crippen molar-refractivity contribution < 1.29 is 13.2 Å². The highest BCUT2D eigenvalue weighted by atomic mass is 32.2. The summed E-state index contributed by atoms with van der Waals surface area (Å²) in [6, 6.07) is 0. The highest BCUT2D eigenvalue weighted by Crippen LogP contribution is 2.04. The van der Waals surface area contributed by atoms with Crippen molar-refractivity contribution in [2.75, 3.05) is 11.5 Å². The van der Waals surface area contributed by atoms with Gasteiger partial charge in [0.05, 0.1) is 5.75 Å². The highest BCUT2D eigenvalue weighted by molar-refractivity contribution is 7.91. The van der Waals surface area contributed by atoms with E-state index in [0.29, 0.717) is 12.8 Å². The molecule has 0 saturated heterocycles. The van der Waals surface area contributed by atoms with Crippen LogP contribution in [0.3, 0.4) is 0 Å². The van der Waals surface area contributed by atoms with Crippen molar-refractivity contribution in [2.24, 2.45) is 5.92 Å². The molecule has 0 bridgehead atoms. The zero-order valence-electron chi connectivity index (χ0n) is 7.62. The predicted molar refractivity (Wildman–Crippen MR) is 48.8 cm³/mol. The van der Waals surface area contributed by atoms with Crippen LogP contribution < -0.4 is 0 Å². The van der Waals surface area contributed by atoms with Crippen LogP contribution in [-0.4, -0.2) is 26.2 Å². The summed E-state index contributed by atoms with van der Waals surface area (Å²) in [4.78, 5) is 10.2. The van der Waals surface area contributed by atoms with Gasteiger partial charge in [-0.25, -0.2) is 8.42 Å². The van der Waals surface area contributed by atoms with Crippen LogP contribution >= 0.6 is 0 Å². The molecule has 0 aliphatic rings.